The maximum atomic E-state index is 12.9. The van der Waals surface area contributed by atoms with Gasteiger partial charge in [0.15, 0.2) is 17.7 Å². The van der Waals surface area contributed by atoms with Gasteiger partial charge in [-0.1, -0.05) is 0 Å². The fraction of sp³-hybridized carbons (Fsp3) is 0.625. The zero-order chi connectivity index (χ0) is 26.0. The third kappa shape index (κ3) is 3.52. The Bertz CT molecular complexity index is 1120. The summed E-state index contributed by atoms with van der Waals surface area (Å²) >= 11 is 0. The van der Waals surface area contributed by atoms with Crippen LogP contribution in [0.5, 0.6) is 0 Å². The van der Waals surface area contributed by atoms with Crippen molar-refractivity contribution in [2.75, 3.05) is 18.4 Å². The number of carbonyl (C=O) groups excluding carboxylic acids is 1. The second-order valence-electron chi connectivity index (χ2n) is 6.10. The molecular weight excluding hydrogens is 370 g/mol. The standard InChI is InChI=1S/C16H23N7O5/c24-4-8-9(22-15(27)7-2-1-3-17-7)11(25)12(26)16(28-8)23-14-10-13(19-5-18-10)20-6-21-14/h5-9,11-12,16-17,24-26H,1-4H2,(H,22,27)(H2,18,19,20,21,23)/t7-,8-,9-,11+,12-,16-/m0/s1/i1D2,2D2,3D2,7D. The molecule has 12 nitrogen and oxygen atoms in total. The molecular formula is C16H23N7O5. The first-order valence-electron chi connectivity index (χ1n) is 11.8. The van der Waals surface area contributed by atoms with Gasteiger partial charge in [0.25, 0.3) is 0 Å². The van der Waals surface area contributed by atoms with E-state index in [-0.39, 0.29) is 5.82 Å². The van der Waals surface area contributed by atoms with Gasteiger partial charge >= 0.3 is 0 Å². The first kappa shape index (κ1) is 12.2. The molecule has 2 saturated heterocycles. The van der Waals surface area contributed by atoms with Gasteiger partial charge < -0.3 is 41.0 Å². The SMILES string of the molecule is [2H]C1([2H])N[C@]([2H])(C(=O)N[C@@H]2[C@@H](O)[C@H](O)[C@@H](Nc3ncnc4nc[nH]c34)O[C@H]2CO)C([2H])([2H])C1([2H])[2H]. The molecule has 7 N–H and O–H groups in total. The van der Waals surface area contributed by atoms with Crippen LogP contribution in [0, 0.1) is 0 Å². The number of anilines is 1. The average Bonchev–Trinajstić information content (AvgIpc) is 3.30. The topological polar surface area (TPSA) is 178 Å². The first-order valence-corrected chi connectivity index (χ1v) is 8.31. The van der Waals surface area contributed by atoms with Crippen LogP contribution < -0.4 is 16.0 Å². The predicted molar refractivity (Wildman–Crippen MR) is 96.0 cm³/mol. The van der Waals surface area contributed by atoms with E-state index in [2.05, 4.69) is 30.6 Å². The van der Waals surface area contributed by atoms with Gasteiger partial charge in [0.05, 0.1) is 26.4 Å². The molecule has 2 aromatic heterocycles. The van der Waals surface area contributed by atoms with Crippen LogP contribution in [0.25, 0.3) is 11.2 Å². The van der Waals surface area contributed by atoms with E-state index < -0.39 is 68.4 Å². The number of hydrogen-bond acceptors (Lipinski definition) is 10. The van der Waals surface area contributed by atoms with Crippen molar-refractivity contribution < 1.29 is 34.4 Å². The number of carbonyl (C=O) groups is 1. The van der Waals surface area contributed by atoms with Crippen molar-refractivity contribution in [1.82, 2.24) is 30.6 Å². The van der Waals surface area contributed by atoms with Crippen molar-refractivity contribution in [3.05, 3.63) is 12.7 Å². The Kier molecular flexibility index (Phi) is 3.47. The predicted octanol–water partition coefficient (Wildman–Crippen LogP) is -2.56. The van der Waals surface area contributed by atoms with Gasteiger partial charge in [-0.3, -0.25) is 4.79 Å². The average molecular weight is 400 g/mol. The summed E-state index contributed by atoms with van der Waals surface area (Å²) in [6.07, 6.45) is -10.3. The molecule has 28 heavy (non-hydrogen) atoms. The van der Waals surface area contributed by atoms with Crippen LogP contribution >= 0.6 is 0 Å². The first-order chi connectivity index (χ1) is 16.2. The lowest BCUT2D eigenvalue weighted by molar-refractivity contribution is -0.185. The molecule has 2 aliphatic rings. The van der Waals surface area contributed by atoms with E-state index in [1.54, 1.807) is 5.32 Å². The quantitative estimate of drug-likeness (QED) is 0.282. The molecule has 4 rings (SSSR count). The molecule has 12 heteroatoms. The van der Waals surface area contributed by atoms with Crippen LogP contribution in [0.3, 0.4) is 0 Å². The molecule has 1 amide bonds. The van der Waals surface area contributed by atoms with Crippen LogP contribution in [0.15, 0.2) is 12.7 Å². The second kappa shape index (κ2) is 7.93. The summed E-state index contributed by atoms with van der Waals surface area (Å²) < 4.78 is 60.7. The summed E-state index contributed by atoms with van der Waals surface area (Å²) in [5, 5.41) is 37.7. The number of hydrogen-bond donors (Lipinski definition) is 7. The molecule has 0 saturated carbocycles. The van der Waals surface area contributed by atoms with Crippen molar-refractivity contribution in [1.29, 1.82) is 0 Å². The smallest absolute Gasteiger partial charge is 0.237 e. The minimum Gasteiger partial charge on any atom is -0.394 e. The lowest BCUT2D eigenvalue weighted by Gasteiger charge is -2.43. The van der Waals surface area contributed by atoms with Crippen molar-refractivity contribution in [2.24, 2.45) is 0 Å². The molecule has 0 bridgehead atoms. The van der Waals surface area contributed by atoms with Gasteiger partial charge in [0.1, 0.15) is 30.2 Å². The highest BCUT2D eigenvalue weighted by Gasteiger charge is 2.45. The Balaban J connectivity index is 1.55. The molecule has 2 aromatic rings. The number of H-pyrrole nitrogens is 1. The number of imidazole rings is 1. The van der Waals surface area contributed by atoms with Gasteiger partial charge in [-0.2, -0.15) is 0 Å². The number of aromatic amines is 1. The van der Waals surface area contributed by atoms with E-state index in [1.807, 2.05) is 0 Å². The number of aliphatic hydroxyl groups is 3. The summed E-state index contributed by atoms with van der Waals surface area (Å²) in [5.74, 6) is -1.38. The van der Waals surface area contributed by atoms with Gasteiger partial charge in [-0.15, -0.1) is 0 Å². The van der Waals surface area contributed by atoms with Crippen molar-refractivity contribution in [2.45, 2.75) is 49.3 Å². The van der Waals surface area contributed by atoms with Gasteiger partial charge in [0.2, 0.25) is 5.91 Å². The fourth-order valence-electron chi connectivity index (χ4n) is 2.98. The summed E-state index contributed by atoms with van der Waals surface area (Å²) in [7, 11) is 0. The minimum atomic E-state index is -3.35. The van der Waals surface area contributed by atoms with Crippen molar-refractivity contribution in [3.63, 3.8) is 0 Å². The Morgan fingerprint density at radius 3 is 3.00 bits per heavy atom. The molecule has 4 heterocycles. The molecule has 152 valence electrons. The highest BCUT2D eigenvalue weighted by atomic mass is 16.5. The number of ether oxygens (including phenoxy) is 1. The Hall–Kier alpha value is -2.38. The van der Waals surface area contributed by atoms with E-state index in [0.717, 1.165) is 0 Å². The van der Waals surface area contributed by atoms with Gasteiger partial charge in [-0.05, 0) is 19.2 Å². The second-order valence-corrected chi connectivity index (χ2v) is 6.10. The number of nitrogens with zero attached hydrogens (tertiary/aromatic N) is 3. The molecule has 0 unspecified atom stereocenters. The third-order valence-corrected chi connectivity index (χ3v) is 4.39. The summed E-state index contributed by atoms with van der Waals surface area (Å²) in [4.78, 5) is 27.6. The maximum absolute atomic E-state index is 12.9. The molecule has 0 radical (unpaired) electrons. The highest BCUT2D eigenvalue weighted by Crippen LogP contribution is 2.24. The van der Waals surface area contributed by atoms with Crippen LogP contribution in [0.2, 0.25) is 0 Å². The Morgan fingerprint density at radius 1 is 1.39 bits per heavy atom. The van der Waals surface area contributed by atoms with Crippen LogP contribution in [0.4, 0.5) is 5.82 Å². The number of aliphatic hydroxyl groups excluding tert-OH is 3. The van der Waals surface area contributed by atoms with Crippen molar-refractivity contribution in [3.8, 4) is 0 Å². The van der Waals surface area contributed by atoms with Crippen LogP contribution in [0.1, 0.15) is 22.3 Å². The summed E-state index contributed by atoms with van der Waals surface area (Å²) in [6, 6.07) is -4.73. The molecule has 2 aliphatic heterocycles. The fourth-order valence-corrected chi connectivity index (χ4v) is 2.98. The third-order valence-electron chi connectivity index (χ3n) is 4.39. The molecule has 0 aromatic carbocycles. The Labute approximate surface area is 169 Å². The minimum absolute atomic E-state index is 0.154. The number of nitrogens with one attached hydrogen (secondary N) is 4. The number of amides is 1. The lowest BCUT2D eigenvalue weighted by Crippen LogP contribution is -2.66. The van der Waals surface area contributed by atoms with E-state index in [9.17, 15) is 20.1 Å². The summed E-state index contributed by atoms with van der Waals surface area (Å²) in [6.45, 7) is -3.87. The van der Waals surface area contributed by atoms with Gasteiger partial charge in [-0.25, -0.2) is 15.0 Å². The number of rotatable bonds is 5. The van der Waals surface area contributed by atoms with Crippen LogP contribution in [-0.2, 0) is 9.53 Å². The largest absolute Gasteiger partial charge is 0.394 e. The molecule has 0 spiro atoms. The highest BCUT2D eigenvalue weighted by molar-refractivity contribution is 5.83. The van der Waals surface area contributed by atoms with E-state index in [0.29, 0.717) is 11.2 Å². The molecule has 2 fully saturated rings. The lowest BCUT2D eigenvalue weighted by atomic mass is 9.95. The van der Waals surface area contributed by atoms with Gasteiger partial charge in [0, 0.05) is 8.22 Å². The number of fused-ring (bicyclic) bond motifs is 1. The van der Waals surface area contributed by atoms with E-state index >= 15 is 0 Å². The monoisotopic (exact) mass is 400 g/mol. The van der Waals surface area contributed by atoms with Crippen molar-refractivity contribution >= 4 is 22.9 Å². The molecule has 0 aliphatic carbocycles. The summed E-state index contributed by atoms with van der Waals surface area (Å²) in [5.41, 5.74) is 0.666. The molecule has 6 atom stereocenters. The Morgan fingerprint density at radius 2 is 2.25 bits per heavy atom. The van der Waals surface area contributed by atoms with E-state index in [4.69, 9.17) is 14.3 Å². The van der Waals surface area contributed by atoms with E-state index in [1.165, 1.54) is 12.7 Å². The number of aromatic nitrogens is 4. The normalized spacial score (nSPS) is 44.8. The maximum Gasteiger partial charge on any atom is 0.237 e. The van der Waals surface area contributed by atoms with Crippen LogP contribution in [-0.4, -0.2) is 90.9 Å². The zero-order valence-corrected chi connectivity index (χ0v) is 14.2. The zero-order valence-electron chi connectivity index (χ0n) is 21.2.